The molecule has 25 heavy (non-hydrogen) atoms. The summed E-state index contributed by atoms with van der Waals surface area (Å²) in [5.41, 5.74) is 5.47. The maximum Gasteiger partial charge on any atom is 0.222 e. The maximum atomic E-state index is 12.5. The Balaban J connectivity index is 1.35. The summed E-state index contributed by atoms with van der Waals surface area (Å²) in [6.45, 7) is 2.98. The van der Waals surface area contributed by atoms with Crippen LogP contribution < -0.4 is 11.1 Å². The van der Waals surface area contributed by atoms with E-state index in [4.69, 9.17) is 15.2 Å². The molecule has 0 aromatic carbocycles. The highest BCUT2D eigenvalue weighted by Gasteiger charge is 2.59. The molecule has 140 valence electrons. The van der Waals surface area contributed by atoms with Crippen LogP contribution in [0.3, 0.4) is 0 Å². The number of carbonyl (C=O) groups excluding carboxylic acids is 2. The lowest BCUT2D eigenvalue weighted by Gasteiger charge is -2.27. The van der Waals surface area contributed by atoms with Crippen LogP contribution in [0.4, 0.5) is 0 Å². The van der Waals surface area contributed by atoms with Crippen LogP contribution in [0.1, 0.15) is 51.9 Å². The average molecular weight is 350 g/mol. The second-order valence-corrected chi connectivity index (χ2v) is 8.60. The van der Waals surface area contributed by atoms with Gasteiger partial charge in [-0.3, -0.25) is 9.59 Å². The van der Waals surface area contributed by atoms with E-state index in [1.54, 1.807) is 0 Å². The van der Waals surface area contributed by atoms with E-state index in [2.05, 4.69) is 12.2 Å². The van der Waals surface area contributed by atoms with Crippen molar-refractivity contribution in [2.45, 2.75) is 70.3 Å². The summed E-state index contributed by atoms with van der Waals surface area (Å²) >= 11 is 0. The molecule has 2 heterocycles. The Morgan fingerprint density at radius 2 is 1.92 bits per heavy atom. The molecule has 2 saturated carbocycles. The minimum absolute atomic E-state index is 0.00446. The molecule has 2 saturated heterocycles. The summed E-state index contributed by atoms with van der Waals surface area (Å²) in [6, 6.07) is 0. The zero-order valence-electron chi connectivity index (χ0n) is 15.0. The first-order valence-corrected chi connectivity index (χ1v) is 9.88. The van der Waals surface area contributed by atoms with E-state index in [0.29, 0.717) is 18.9 Å². The van der Waals surface area contributed by atoms with Crippen molar-refractivity contribution in [3.05, 3.63) is 0 Å². The zero-order chi connectivity index (χ0) is 17.6. The Hall–Kier alpha value is -1.14. The fraction of sp³-hybridized carbons (Fsp3) is 0.895. The van der Waals surface area contributed by atoms with Gasteiger partial charge >= 0.3 is 0 Å². The molecule has 0 bridgehead atoms. The fourth-order valence-electron chi connectivity index (χ4n) is 5.13. The molecule has 4 rings (SSSR count). The number of carbonyl (C=O) groups is 2. The molecule has 0 aromatic heterocycles. The Morgan fingerprint density at radius 1 is 1.16 bits per heavy atom. The molecule has 0 aromatic rings. The first-order chi connectivity index (χ1) is 12.0. The SMILES string of the molecule is CC1CCC(CC(=O)N[C@H]2O[C@H]3CCO[C@H]3[C@@H]2C2CC2C(N)=O)CC1. The topological polar surface area (TPSA) is 90.7 Å². The number of nitrogens with two attached hydrogens (primary N) is 1. The van der Waals surface area contributed by atoms with E-state index in [0.717, 1.165) is 31.6 Å². The van der Waals surface area contributed by atoms with Gasteiger partial charge in [-0.25, -0.2) is 0 Å². The Morgan fingerprint density at radius 3 is 2.60 bits per heavy atom. The molecule has 2 unspecified atom stereocenters. The first kappa shape index (κ1) is 17.3. The van der Waals surface area contributed by atoms with Gasteiger partial charge in [0.15, 0.2) is 0 Å². The van der Waals surface area contributed by atoms with Crippen LogP contribution in [0.15, 0.2) is 0 Å². The molecule has 3 N–H and O–H groups in total. The average Bonchev–Trinajstić information content (AvgIpc) is 3.10. The molecule has 2 aliphatic heterocycles. The van der Waals surface area contributed by atoms with Crippen LogP contribution in [-0.2, 0) is 19.1 Å². The highest BCUT2D eigenvalue weighted by Crippen LogP contribution is 2.52. The van der Waals surface area contributed by atoms with E-state index in [1.165, 1.54) is 12.8 Å². The van der Waals surface area contributed by atoms with Crippen molar-refractivity contribution in [3.8, 4) is 0 Å². The number of amides is 2. The van der Waals surface area contributed by atoms with Crippen molar-refractivity contribution in [2.24, 2.45) is 35.3 Å². The van der Waals surface area contributed by atoms with Crippen molar-refractivity contribution < 1.29 is 19.1 Å². The Labute approximate surface area is 149 Å². The standard InChI is InChI=1S/C19H30N2O4/c1-10-2-4-11(5-3-10)8-15(22)21-19-16(12-9-13(12)18(20)23)17-14(25-19)6-7-24-17/h10-14,16-17,19H,2-9H2,1H3,(H2,20,23)(H,21,22)/t10?,11?,12?,13?,14-,16-,17+,19-/m0/s1. The molecule has 4 fully saturated rings. The summed E-state index contributed by atoms with van der Waals surface area (Å²) in [5, 5.41) is 3.10. The van der Waals surface area contributed by atoms with Gasteiger partial charge in [0.2, 0.25) is 11.8 Å². The highest BCUT2D eigenvalue weighted by atomic mass is 16.6. The van der Waals surface area contributed by atoms with Crippen molar-refractivity contribution >= 4 is 11.8 Å². The molecule has 4 aliphatic rings. The Kier molecular flexibility index (Phi) is 4.75. The van der Waals surface area contributed by atoms with Crippen molar-refractivity contribution in [3.63, 3.8) is 0 Å². The van der Waals surface area contributed by atoms with Gasteiger partial charge in [0.05, 0.1) is 12.2 Å². The first-order valence-electron chi connectivity index (χ1n) is 9.88. The normalized spacial score (nSPS) is 45.8. The summed E-state index contributed by atoms with van der Waals surface area (Å²) in [7, 11) is 0. The maximum absolute atomic E-state index is 12.5. The zero-order valence-corrected chi connectivity index (χ0v) is 15.0. The molecule has 6 atom stereocenters. The number of hydrogen-bond donors (Lipinski definition) is 2. The summed E-state index contributed by atoms with van der Waals surface area (Å²) < 4.78 is 12.0. The third-order valence-corrected chi connectivity index (χ3v) is 6.74. The number of ether oxygens (including phenoxy) is 2. The molecule has 6 nitrogen and oxygen atoms in total. The van der Waals surface area contributed by atoms with Gasteiger partial charge in [0.1, 0.15) is 6.23 Å². The van der Waals surface area contributed by atoms with Crippen molar-refractivity contribution in [2.75, 3.05) is 6.61 Å². The lowest BCUT2D eigenvalue weighted by atomic mass is 9.81. The van der Waals surface area contributed by atoms with E-state index in [1.807, 2.05) is 0 Å². The third-order valence-electron chi connectivity index (χ3n) is 6.74. The van der Waals surface area contributed by atoms with Gasteiger partial charge < -0.3 is 20.5 Å². The predicted octanol–water partition coefficient (Wildman–Crippen LogP) is 1.57. The van der Waals surface area contributed by atoms with Crippen LogP contribution in [-0.4, -0.2) is 36.9 Å². The van der Waals surface area contributed by atoms with Gasteiger partial charge in [-0.1, -0.05) is 19.8 Å². The molecule has 6 heteroatoms. The summed E-state index contributed by atoms with van der Waals surface area (Å²) in [6.07, 6.45) is 6.68. The largest absolute Gasteiger partial charge is 0.375 e. The minimum Gasteiger partial charge on any atom is -0.375 e. The number of hydrogen-bond acceptors (Lipinski definition) is 4. The van der Waals surface area contributed by atoms with E-state index in [-0.39, 0.29) is 48.0 Å². The predicted molar refractivity (Wildman–Crippen MR) is 91.2 cm³/mol. The molecule has 0 spiro atoms. The van der Waals surface area contributed by atoms with Gasteiger partial charge in [0.25, 0.3) is 0 Å². The van der Waals surface area contributed by atoms with Gasteiger partial charge in [-0.05, 0) is 43.4 Å². The molecule has 2 amide bonds. The lowest BCUT2D eigenvalue weighted by molar-refractivity contribution is -0.127. The Bertz CT molecular complexity index is 532. The lowest BCUT2D eigenvalue weighted by Crippen LogP contribution is -2.43. The number of nitrogens with one attached hydrogen (secondary N) is 1. The number of fused-ring (bicyclic) bond motifs is 1. The van der Waals surface area contributed by atoms with Crippen LogP contribution in [0.2, 0.25) is 0 Å². The van der Waals surface area contributed by atoms with E-state index >= 15 is 0 Å². The number of primary amides is 1. The third kappa shape index (κ3) is 3.56. The van der Waals surface area contributed by atoms with Gasteiger partial charge in [-0.2, -0.15) is 0 Å². The molecular formula is C19H30N2O4. The van der Waals surface area contributed by atoms with Crippen LogP contribution in [0.25, 0.3) is 0 Å². The number of rotatable bonds is 5. The highest BCUT2D eigenvalue weighted by molar-refractivity contribution is 5.80. The van der Waals surface area contributed by atoms with Crippen LogP contribution >= 0.6 is 0 Å². The second-order valence-electron chi connectivity index (χ2n) is 8.60. The second kappa shape index (κ2) is 6.88. The quantitative estimate of drug-likeness (QED) is 0.787. The minimum atomic E-state index is -0.334. The van der Waals surface area contributed by atoms with Gasteiger partial charge in [-0.15, -0.1) is 0 Å². The monoisotopic (exact) mass is 350 g/mol. The van der Waals surface area contributed by atoms with Crippen LogP contribution in [0.5, 0.6) is 0 Å². The summed E-state index contributed by atoms with van der Waals surface area (Å²) in [4.78, 5) is 24.0. The van der Waals surface area contributed by atoms with E-state index < -0.39 is 0 Å². The van der Waals surface area contributed by atoms with E-state index in [9.17, 15) is 9.59 Å². The molecular weight excluding hydrogens is 320 g/mol. The molecule has 2 aliphatic carbocycles. The smallest absolute Gasteiger partial charge is 0.222 e. The van der Waals surface area contributed by atoms with Crippen LogP contribution in [0, 0.1) is 29.6 Å². The van der Waals surface area contributed by atoms with Crippen molar-refractivity contribution in [1.29, 1.82) is 0 Å². The fourth-order valence-corrected chi connectivity index (χ4v) is 5.13. The molecule has 0 radical (unpaired) electrons. The summed E-state index contributed by atoms with van der Waals surface area (Å²) in [5.74, 6) is 1.27. The van der Waals surface area contributed by atoms with Crippen molar-refractivity contribution in [1.82, 2.24) is 5.32 Å². The van der Waals surface area contributed by atoms with Gasteiger partial charge in [0, 0.05) is 24.9 Å².